The Bertz CT molecular complexity index is 397. The maximum atomic E-state index is 8.90. The van der Waals surface area contributed by atoms with Crippen LogP contribution in [0.25, 0.3) is 10.4 Å². The summed E-state index contributed by atoms with van der Waals surface area (Å²) >= 11 is 0. The standard InChI is InChI=1S/C9H7N3O/c10-12-11-6-5-8-3-1-2-4-9(8)7-13/h1-4,13H,7H2. The van der Waals surface area contributed by atoms with E-state index in [0.29, 0.717) is 5.56 Å². The quantitative estimate of drug-likeness (QED) is 0.299. The van der Waals surface area contributed by atoms with Gasteiger partial charge in [-0.05, 0) is 28.3 Å². The molecule has 4 heteroatoms. The molecule has 64 valence electrons. The van der Waals surface area contributed by atoms with Gasteiger partial charge in [0.2, 0.25) is 0 Å². The summed E-state index contributed by atoms with van der Waals surface area (Å²) in [5.41, 5.74) is 9.38. The van der Waals surface area contributed by atoms with E-state index in [9.17, 15) is 0 Å². The predicted octanol–water partition coefficient (Wildman–Crippen LogP) is 1.80. The number of rotatable bonds is 1. The molecule has 4 nitrogen and oxygen atoms in total. The minimum atomic E-state index is -0.0683. The van der Waals surface area contributed by atoms with Gasteiger partial charge in [-0.3, -0.25) is 0 Å². The van der Waals surface area contributed by atoms with Crippen molar-refractivity contribution in [3.05, 3.63) is 45.8 Å². The molecule has 1 rings (SSSR count). The molecule has 0 spiro atoms. The molecule has 0 saturated carbocycles. The van der Waals surface area contributed by atoms with Gasteiger partial charge in [-0.15, -0.1) is 0 Å². The summed E-state index contributed by atoms with van der Waals surface area (Å²) in [5.74, 6) is 2.63. The zero-order valence-corrected chi connectivity index (χ0v) is 6.81. The van der Waals surface area contributed by atoms with E-state index in [1.165, 1.54) is 0 Å². The van der Waals surface area contributed by atoms with E-state index < -0.39 is 0 Å². The van der Waals surface area contributed by atoms with Crippen LogP contribution in [0.1, 0.15) is 11.1 Å². The number of hydrogen-bond donors (Lipinski definition) is 1. The second-order valence-electron chi connectivity index (χ2n) is 2.24. The number of hydrogen-bond acceptors (Lipinski definition) is 2. The van der Waals surface area contributed by atoms with Crippen LogP contribution in [0.2, 0.25) is 0 Å². The highest BCUT2D eigenvalue weighted by atomic mass is 16.3. The van der Waals surface area contributed by atoms with Crippen LogP contribution in [-0.2, 0) is 6.61 Å². The highest BCUT2D eigenvalue weighted by Crippen LogP contribution is 2.06. The molecule has 0 atom stereocenters. The summed E-state index contributed by atoms with van der Waals surface area (Å²) in [4.78, 5) is 2.50. The van der Waals surface area contributed by atoms with Crippen molar-refractivity contribution in [3.63, 3.8) is 0 Å². The van der Waals surface area contributed by atoms with E-state index in [4.69, 9.17) is 10.6 Å². The van der Waals surface area contributed by atoms with Crippen LogP contribution < -0.4 is 0 Å². The van der Waals surface area contributed by atoms with Crippen molar-refractivity contribution in [2.24, 2.45) is 5.11 Å². The topological polar surface area (TPSA) is 69.0 Å². The van der Waals surface area contributed by atoms with Crippen LogP contribution in [-0.4, -0.2) is 5.11 Å². The zero-order chi connectivity index (χ0) is 9.52. The first kappa shape index (κ1) is 9.14. The van der Waals surface area contributed by atoms with Crippen molar-refractivity contribution in [1.29, 1.82) is 0 Å². The fourth-order valence-corrected chi connectivity index (χ4v) is 0.888. The Kier molecular flexibility index (Phi) is 3.40. The largest absolute Gasteiger partial charge is 0.392 e. The molecule has 1 N–H and O–H groups in total. The molecule has 0 aliphatic heterocycles. The molecule has 0 saturated heterocycles. The number of aliphatic hydroxyl groups excluding tert-OH is 1. The first-order chi connectivity index (χ1) is 6.38. The van der Waals surface area contributed by atoms with Crippen molar-refractivity contribution < 1.29 is 5.11 Å². The van der Waals surface area contributed by atoms with Gasteiger partial charge in [0, 0.05) is 10.5 Å². The molecule has 0 bridgehead atoms. The molecular formula is C9H7N3O. The minimum Gasteiger partial charge on any atom is -0.392 e. The number of benzene rings is 1. The highest BCUT2D eigenvalue weighted by Gasteiger charge is 1.94. The fourth-order valence-electron chi connectivity index (χ4n) is 0.888. The first-order valence-corrected chi connectivity index (χ1v) is 3.62. The highest BCUT2D eigenvalue weighted by molar-refractivity contribution is 5.40. The van der Waals surface area contributed by atoms with Gasteiger partial charge in [-0.1, -0.05) is 24.1 Å². The van der Waals surface area contributed by atoms with Crippen molar-refractivity contribution in [2.75, 3.05) is 0 Å². The van der Waals surface area contributed by atoms with Crippen molar-refractivity contribution >= 4 is 0 Å². The van der Waals surface area contributed by atoms with Crippen molar-refractivity contribution in [1.82, 2.24) is 0 Å². The summed E-state index contributed by atoms with van der Waals surface area (Å²) in [5, 5.41) is 12.0. The Morgan fingerprint density at radius 2 is 2.23 bits per heavy atom. The molecule has 0 heterocycles. The molecule has 0 aliphatic rings. The summed E-state index contributed by atoms with van der Waals surface area (Å²) in [6, 6.07) is 9.41. The average Bonchev–Trinajstić information content (AvgIpc) is 2.19. The maximum Gasteiger partial charge on any atom is 0.0694 e. The van der Waals surface area contributed by atoms with Gasteiger partial charge in [0.05, 0.1) is 6.61 Å². The minimum absolute atomic E-state index is 0.0683. The fraction of sp³-hybridized carbons (Fsp3) is 0.111. The molecule has 0 fully saturated rings. The Labute approximate surface area is 75.5 Å². The smallest absolute Gasteiger partial charge is 0.0694 e. The molecule has 0 unspecified atom stereocenters. The average molecular weight is 173 g/mol. The summed E-state index contributed by atoms with van der Waals surface area (Å²) in [6.07, 6.45) is 0. The third kappa shape index (κ3) is 2.53. The predicted molar refractivity (Wildman–Crippen MR) is 48.4 cm³/mol. The van der Waals surface area contributed by atoms with Crippen molar-refractivity contribution in [2.45, 2.75) is 6.61 Å². The van der Waals surface area contributed by atoms with E-state index in [2.05, 4.69) is 22.0 Å². The van der Waals surface area contributed by atoms with Gasteiger partial charge in [0.1, 0.15) is 0 Å². The van der Waals surface area contributed by atoms with Gasteiger partial charge in [-0.2, -0.15) is 0 Å². The number of nitrogens with zero attached hydrogens (tertiary/aromatic N) is 3. The van der Waals surface area contributed by atoms with E-state index >= 15 is 0 Å². The van der Waals surface area contributed by atoms with Gasteiger partial charge in [-0.25, -0.2) is 0 Å². The van der Waals surface area contributed by atoms with E-state index in [1.54, 1.807) is 18.2 Å². The molecule has 1 aromatic carbocycles. The molecule has 1 aromatic rings. The third-order valence-electron chi connectivity index (χ3n) is 1.47. The zero-order valence-electron chi connectivity index (χ0n) is 6.81. The van der Waals surface area contributed by atoms with Gasteiger partial charge in [0.25, 0.3) is 0 Å². The third-order valence-corrected chi connectivity index (χ3v) is 1.47. The molecule has 0 radical (unpaired) electrons. The van der Waals surface area contributed by atoms with Crippen molar-refractivity contribution in [3.8, 4) is 12.0 Å². The number of azide groups is 1. The van der Waals surface area contributed by atoms with E-state index in [0.717, 1.165) is 5.56 Å². The summed E-state index contributed by atoms with van der Waals surface area (Å²) < 4.78 is 0. The van der Waals surface area contributed by atoms with Crippen LogP contribution in [0.4, 0.5) is 0 Å². The molecular weight excluding hydrogens is 166 g/mol. The Hall–Kier alpha value is -1.95. The lowest BCUT2D eigenvalue weighted by Crippen LogP contribution is -1.87. The second-order valence-corrected chi connectivity index (χ2v) is 2.24. The van der Waals surface area contributed by atoms with Crippen LogP contribution in [0.3, 0.4) is 0 Å². The van der Waals surface area contributed by atoms with Crippen LogP contribution in [0.5, 0.6) is 0 Å². The monoisotopic (exact) mass is 173 g/mol. The second kappa shape index (κ2) is 4.83. The summed E-state index contributed by atoms with van der Waals surface area (Å²) in [7, 11) is 0. The Balaban J connectivity index is 3.01. The lowest BCUT2D eigenvalue weighted by atomic mass is 10.1. The van der Waals surface area contributed by atoms with Gasteiger partial charge < -0.3 is 5.11 Å². The van der Waals surface area contributed by atoms with E-state index in [1.807, 2.05) is 6.07 Å². The number of aliphatic hydroxyl groups is 1. The normalized spacial score (nSPS) is 8.08. The van der Waals surface area contributed by atoms with E-state index in [-0.39, 0.29) is 6.61 Å². The Morgan fingerprint density at radius 1 is 1.46 bits per heavy atom. The van der Waals surface area contributed by atoms with Crippen LogP contribution in [0.15, 0.2) is 29.4 Å². The summed E-state index contributed by atoms with van der Waals surface area (Å²) in [6.45, 7) is -0.0683. The molecule has 13 heavy (non-hydrogen) atoms. The molecule has 0 amide bonds. The Morgan fingerprint density at radius 3 is 2.92 bits per heavy atom. The van der Waals surface area contributed by atoms with Crippen LogP contribution in [0, 0.1) is 12.0 Å². The van der Waals surface area contributed by atoms with Gasteiger partial charge in [0.15, 0.2) is 0 Å². The SMILES string of the molecule is [N-]=[N+]=NC#Cc1ccccc1CO. The van der Waals surface area contributed by atoms with Gasteiger partial charge >= 0.3 is 0 Å². The first-order valence-electron chi connectivity index (χ1n) is 3.62. The molecule has 0 aromatic heterocycles. The van der Waals surface area contributed by atoms with Crippen LogP contribution >= 0.6 is 0 Å². The maximum absolute atomic E-state index is 8.90. The lowest BCUT2D eigenvalue weighted by molar-refractivity contribution is 0.281. The lowest BCUT2D eigenvalue weighted by Gasteiger charge is -1.97. The molecule has 0 aliphatic carbocycles.